The van der Waals surface area contributed by atoms with E-state index in [0.717, 1.165) is 29.3 Å². The molecule has 4 nitrogen and oxygen atoms in total. The molecule has 1 fully saturated rings. The summed E-state index contributed by atoms with van der Waals surface area (Å²) in [5.41, 5.74) is 2.47. The molecule has 0 saturated heterocycles. The van der Waals surface area contributed by atoms with Gasteiger partial charge in [-0.2, -0.15) is 0 Å². The molecule has 0 aromatic heterocycles. The second kappa shape index (κ2) is 8.12. The van der Waals surface area contributed by atoms with Gasteiger partial charge in [0, 0.05) is 5.69 Å². The smallest absolute Gasteiger partial charge is 0.238 e. The topological polar surface area (TPSA) is 50.4 Å². The Balaban J connectivity index is 1.50. The van der Waals surface area contributed by atoms with E-state index in [9.17, 15) is 9.18 Å². The lowest BCUT2D eigenvalue weighted by molar-refractivity contribution is -0.115. The average molecular weight is 342 g/mol. The lowest BCUT2D eigenvalue weighted by Crippen LogP contribution is -2.29. The Morgan fingerprint density at radius 1 is 1.24 bits per heavy atom. The highest BCUT2D eigenvalue weighted by molar-refractivity contribution is 5.93. The monoisotopic (exact) mass is 342 g/mol. The van der Waals surface area contributed by atoms with E-state index in [0.29, 0.717) is 18.9 Å². The number of hydrogen-bond acceptors (Lipinski definition) is 3. The highest BCUT2D eigenvalue weighted by atomic mass is 19.1. The molecule has 1 aliphatic carbocycles. The Hall–Kier alpha value is -2.40. The van der Waals surface area contributed by atoms with Gasteiger partial charge in [-0.25, -0.2) is 4.39 Å². The zero-order chi connectivity index (χ0) is 17.6. The van der Waals surface area contributed by atoms with Crippen LogP contribution in [0.25, 0.3) is 0 Å². The van der Waals surface area contributed by atoms with Crippen molar-refractivity contribution < 1.29 is 13.9 Å². The Bertz CT molecular complexity index is 744. The van der Waals surface area contributed by atoms with Crippen LogP contribution in [0.5, 0.6) is 5.75 Å². The van der Waals surface area contributed by atoms with Crippen LogP contribution in [0.15, 0.2) is 42.5 Å². The zero-order valence-electron chi connectivity index (χ0n) is 14.3. The van der Waals surface area contributed by atoms with E-state index in [1.807, 2.05) is 25.1 Å². The van der Waals surface area contributed by atoms with Crippen molar-refractivity contribution in [1.29, 1.82) is 0 Å². The minimum absolute atomic E-state index is 0.0443. The summed E-state index contributed by atoms with van der Waals surface area (Å²) in [5.74, 6) is 1.12. The van der Waals surface area contributed by atoms with Crippen LogP contribution in [0.1, 0.15) is 24.0 Å². The number of ether oxygens (including phenoxy) is 1. The first-order chi connectivity index (χ1) is 12.1. The molecule has 0 bridgehead atoms. The van der Waals surface area contributed by atoms with Gasteiger partial charge in [-0.15, -0.1) is 0 Å². The molecule has 0 heterocycles. The summed E-state index contributed by atoms with van der Waals surface area (Å²) in [6.07, 6.45) is 2.54. The normalized spacial score (nSPS) is 13.5. The Morgan fingerprint density at radius 3 is 2.80 bits per heavy atom. The van der Waals surface area contributed by atoms with Gasteiger partial charge in [0.2, 0.25) is 5.91 Å². The minimum Gasteiger partial charge on any atom is -0.489 e. The summed E-state index contributed by atoms with van der Waals surface area (Å²) in [6, 6.07) is 11.8. The van der Waals surface area contributed by atoms with E-state index in [1.54, 1.807) is 12.1 Å². The van der Waals surface area contributed by atoms with Crippen LogP contribution in [-0.2, 0) is 11.4 Å². The van der Waals surface area contributed by atoms with Gasteiger partial charge in [-0.05, 0) is 73.7 Å². The van der Waals surface area contributed by atoms with Gasteiger partial charge in [0.05, 0.1) is 6.54 Å². The fraction of sp³-hybridized carbons (Fsp3) is 0.350. The molecule has 0 atom stereocenters. The van der Waals surface area contributed by atoms with Crippen LogP contribution in [-0.4, -0.2) is 19.0 Å². The van der Waals surface area contributed by atoms with Gasteiger partial charge in [-0.1, -0.05) is 12.1 Å². The maximum absolute atomic E-state index is 13.2. The first kappa shape index (κ1) is 17.4. The van der Waals surface area contributed by atoms with Gasteiger partial charge < -0.3 is 15.4 Å². The standard InChI is InChI=1S/C20H23FN2O2/c1-14-9-18(25-13-16-3-2-4-17(21)10-16)7-8-19(14)23-20(24)12-22-11-15-5-6-15/h2-4,7-10,15,22H,5-6,11-13H2,1H3,(H,23,24). The molecule has 5 heteroatoms. The van der Waals surface area contributed by atoms with E-state index in [2.05, 4.69) is 10.6 Å². The molecular formula is C20H23FN2O2. The molecule has 1 aliphatic rings. The summed E-state index contributed by atoms with van der Waals surface area (Å²) < 4.78 is 18.9. The molecule has 0 aliphatic heterocycles. The highest BCUT2D eigenvalue weighted by Crippen LogP contribution is 2.27. The van der Waals surface area contributed by atoms with Crippen molar-refractivity contribution in [2.45, 2.75) is 26.4 Å². The molecule has 3 rings (SSSR count). The number of amides is 1. The molecule has 25 heavy (non-hydrogen) atoms. The van der Waals surface area contributed by atoms with Crippen molar-refractivity contribution in [3.8, 4) is 5.75 Å². The van der Waals surface area contributed by atoms with Crippen LogP contribution in [0.2, 0.25) is 0 Å². The summed E-state index contributed by atoms with van der Waals surface area (Å²) in [4.78, 5) is 12.0. The number of anilines is 1. The largest absolute Gasteiger partial charge is 0.489 e. The molecule has 132 valence electrons. The molecule has 0 unspecified atom stereocenters. The van der Waals surface area contributed by atoms with Crippen molar-refractivity contribution in [2.75, 3.05) is 18.4 Å². The lowest BCUT2D eigenvalue weighted by atomic mass is 10.2. The molecule has 2 aromatic rings. The maximum Gasteiger partial charge on any atom is 0.238 e. The second-order valence-corrected chi connectivity index (χ2v) is 6.52. The number of hydrogen-bond donors (Lipinski definition) is 2. The quantitative estimate of drug-likeness (QED) is 0.770. The molecule has 1 amide bonds. The van der Waals surface area contributed by atoms with Gasteiger partial charge >= 0.3 is 0 Å². The zero-order valence-corrected chi connectivity index (χ0v) is 14.3. The maximum atomic E-state index is 13.2. The number of halogens is 1. The number of rotatable bonds is 8. The van der Waals surface area contributed by atoms with Crippen molar-refractivity contribution in [1.82, 2.24) is 5.32 Å². The van der Waals surface area contributed by atoms with Gasteiger partial charge in [-0.3, -0.25) is 4.79 Å². The van der Waals surface area contributed by atoms with Crippen LogP contribution in [0.4, 0.5) is 10.1 Å². The van der Waals surface area contributed by atoms with Crippen LogP contribution < -0.4 is 15.4 Å². The van der Waals surface area contributed by atoms with Crippen molar-refractivity contribution in [3.63, 3.8) is 0 Å². The number of benzene rings is 2. The molecule has 2 N–H and O–H groups in total. The van der Waals surface area contributed by atoms with E-state index < -0.39 is 0 Å². The number of carbonyl (C=O) groups is 1. The van der Waals surface area contributed by atoms with E-state index in [-0.39, 0.29) is 11.7 Å². The SMILES string of the molecule is Cc1cc(OCc2cccc(F)c2)ccc1NC(=O)CNCC1CC1. The third-order valence-corrected chi connectivity index (χ3v) is 4.18. The second-order valence-electron chi connectivity index (χ2n) is 6.52. The number of aryl methyl sites for hydroxylation is 1. The molecular weight excluding hydrogens is 319 g/mol. The number of nitrogens with one attached hydrogen (secondary N) is 2. The molecule has 2 aromatic carbocycles. The van der Waals surface area contributed by atoms with Gasteiger partial charge in [0.1, 0.15) is 18.2 Å². The van der Waals surface area contributed by atoms with Crippen LogP contribution >= 0.6 is 0 Å². The van der Waals surface area contributed by atoms with E-state index in [4.69, 9.17) is 4.74 Å². The fourth-order valence-electron chi connectivity index (χ4n) is 2.57. The molecule has 0 radical (unpaired) electrons. The predicted molar refractivity (Wildman–Crippen MR) is 96.1 cm³/mol. The molecule has 0 spiro atoms. The lowest BCUT2D eigenvalue weighted by Gasteiger charge is -2.12. The third-order valence-electron chi connectivity index (χ3n) is 4.18. The van der Waals surface area contributed by atoms with Crippen LogP contribution in [0, 0.1) is 18.7 Å². The van der Waals surface area contributed by atoms with Gasteiger partial charge in [0.15, 0.2) is 0 Å². The Labute approximate surface area is 147 Å². The third kappa shape index (κ3) is 5.57. The average Bonchev–Trinajstić information content (AvgIpc) is 3.40. The summed E-state index contributed by atoms with van der Waals surface area (Å²) in [6.45, 7) is 3.46. The van der Waals surface area contributed by atoms with Crippen LogP contribution in [0.3, 0.4) is 0 Å². The van der Waals surface area contributed by atoms with Gasteiger partial charge in [0.25, 0.3) is 0 Å². The molecule has 1 saturated carbocycles. The Morgan fingerprint density at radius 2 is 2.08 bits per heavy atom. The predicted octanol–water partition coefficient (Wildman–Crippen LogP) is 3.65. The van der Waals surface area contributed by atoms with Crippen molar-refractivity contribution in [3.05, 3.63) is 59.4 Å². The first-order valence-corrected chi connectivity index (χ1v) is 8.58. The summed E-state index contributed by atoms with van der Waals surface area (Å²) in [5, 5.41) is 6.08. The Kier molecular flexibility index (Phi) is 5.66. The van der Waals surface area contributed by atoms with Crippen molar-refractivity contribution >= 4 is 11.6 Å². The summed E-state index contributed by atoms with van der Waals surface area (Å²) in [7, 11) is 0. The van der Waals surface area contributed by atoms with E-state index >= 15 is 0 Å². The number of carbonyl (C=O) groups excluding carboxylic acids is 1. The highest BCUT2D eigenvalue weighted by Gasteiger charge is 2.20. The minimum atomic E-state index is -0.273. The summed E-state index contributed by atoms with van der Waals surface area (Å²) >= 11 is 0. The van der Waals surface area contributed by atoms with E-state index in [1.165, 1.54) is 25.0 Å². The van der Waals surface area contributed by atoms with Crippen molar-refractivity contribution in [2.24, 2.45) is 5.92 Å². The fourth-order valence-corrected chi connectivity index (χ4v) is 2.57. The first-order valence-electron chi connectivity index (χ1n) is 8.58.